The molecule has 1 amide bonds. The van der Waals surface area contributed by atoms with Crippen molar-refractivity contribution in [2.45, 2.75) is 37.3 Å². The molecule has 0 fully saturated rings. The lowest BCUT2D eigenvalue weighted by Crippen LogP contribution is -2.37. The standard InChI is InChI=1S/C20H19N3OS/c21-11-17-10-15-6-3-7-18(15)22-20(17)25-13-19(24)23-9-8-14-4-1-2-5-16(14)12-23/h1-2,4-5,10H,3,6-9,12-13H2. The minimum Gasteiger partial charge on any atom is -0.337 e. The van der Waals surface area contributed by atoms with Crippen LogP contribution in [0.4, 0.5) is 0 Å². The number of fused-ring (bicyclic) bond motifs is 2. The lowest BCUT2D eigenvalue weighted by atomic mass is 10.00. The van der Waals surface area contributed by atoms with E-state index in [0.717, 1.165) is 37.9 Å². The molecule has 1 aromatic heterocycles. The van der Waals surface area contributed by atoms with E-state index in [1.54, 1.807) is 0 Å². The number of nitriles is 1. The molecule has 2 heterocycles. The first-order chi connectivity index (χ1) is 12.2. The summed E-state index contributed by atoms with van der Waals surface area (Å²) in [5, 5.41) is 10.1. The summed E-state index contributed by atoms with van der Waals surface area (Å²) in [7, 11) is 0. The Bertz CT molecular complexity index is 872. The quantitative estimate of drug-likeness (QED) is 0.799. The number of aryl methyl sites for hydroxylation is 2. The summed E-state index contributed by atoms with van der Waals surface area (Å²) in [6.07, 6.45) is 4.00. The molecule has 0 radical (unpaired) electrons. The van der Waals surface area contributed by atoms with Crippen molar-refractivity contribution < 1.29 is 4.79 Å². The van der Waals surface area contributed by atoms with Gasteiger partial charge in [-0.05, 0) is 48.4 Å². The third kappa shape index (κ3) is 3.27. The van der Waals surface area contributed by atoms with Crippen LogP contribution in [-0.4, -0.2) is 28.1 Å². The molecule has 1 aliphatic heterocycles. The zero-order valence-electron chi connectivity index (χ0n) is 14.0. The van der Waals surface area contributed by atoms with E-state index in [4.69, 9.17) is 0 Å². The van der Waals surface area contributed by atoms with Gasteiger partial charge in [-0.2, -0.15) is 5.26 Å². The van der Waals surface area contributed by atoms with Gasteiger partial charge in [0, 0.05) is 18.8 Å². The van der Waals surface area contributed by atoms with E-state index in [-0.39, 0.29) is 5.91 Å². The highest BCUT2D eigenvalue weighted by Crippen LogP contribution is 2.28. The molecule has 0 bridgehead atoms. The Balaban J connectivity index is 1.44. The smallest absolute Gasteiger partial charge is 0.233 e. The van der Waals surface area contributed by atoms with Gasteiger partial charge in [0.15, 0.2) is 0 Å². The topological polar surface area (TPSA) is 57.0 Å². The molecule has 5 heteroatoms. The molecule has 1 aliphatic carbocycles. The molecule has 4 nitrogen and oxygen atoms in total. The molecule has 0 saturated heterocycles. The number of hydrogen-bond donors (Lipinski definition) is 0. The van der Waals surface area contributed by atoms with Crippen molar-refractivity contribution in [1.29, 1.82) is 5.26 Å². The Morgan fingerprint density at radius 1 is 1.20 bits per heavy atom. The fourth-order valence-corrected chi connectivity index (χ4v) is 4.45. The molecule has 2 aliphatic rings. The largest absolute Gasteiger partial charge is 0.337 e. The van der Waals surface area contributed by atoms with Gasteiger partial charge in [-0.1, -0.05) is 36.0 Å². The number of hydrogen-bond acceptors (Lipinski definition) is 4. The van der Waals surface area contributed by atoms with Gasteiger partial charge in [0.05, 0.1) is 11.3 Å². The Morgan fingerprint density at radius 2 is 2.04 bits per heavy atom. The van der Waals surface area contributed by atoms with Gasteiger partial charge in [-0.25, -0.2) is 4.98 Å². The minimum absolute atomic E-state index is 0.116. The third-order valence-corrected chi connectivity index (χ3v) is 5.93. The van der Waals surface area contributed by atoms with Crippen LogP contribution in [0.1, 0.15) is 34.4 Å². The van der Waals surface area contributed by atoms with Gasteiger partial charge < -0.3 is 4.90 Å². The normalized spacial score (nSPS) is 15.4. The van der Waals surface area contributed by atoms with Crippen molar-refractivity contribution in [2.75, 3.05) is 12.3 Å². The number of rotatable bonds is 3. The Labute approximate surface area is 151 Å². The lowest BCUT2D eigenvalue weighted by molar-refractivity contribution is -0.129. The molecule has 0 N–H and O–H groups in total. The molecule has 0 spiro atoms. The maximum Gasteiger partial charge on any atom is 0.233 e. The first kappa shape index (κ1) is 16.2. The second-order valence-electron chi connectivity index (χ2n) is 6.53. The first-order valence-electron chi connectivity index (χ1n) is 8.65. The predicted molar refractivity (Wildman–Crippen MR) is 97.3 cm³/mol. The number of nitrogens with zero attached hydrogens (tertiary/aromatic N) is 3. The van der Waals surface area contributed by atoms with Crippen molar-refractivity contribution in [1.82, 2.24) is 9.88 Å². The first-order valence-corrected chi connectivity index (χ1v) is 9.63. The number of thioether (sulfide) groups is 1. The molecular formula is C20H19N3OS. The number of carbonyl (C=O) groups excluding carboxylic acids is 1. The molecule has 2 aromatic rings. The van der Waals surface area contributed by atoms with Crippen LogP contribution in [0.25, 0.3) is 0 Å². The van der Waals surface area contributed by atoms with E-state index in [2.05, 4.69) is 29.3 Å². The number of carbonyl (C=O) groups is 1. The van der Waals surface area contributed by atoms with Gasteiger partial charge in [-0.15, -0.1) is 0 Å². The van der Waals surface area contributed by atoms with E-state index in [9.17, 15) is 10.1 Å². The predicted octanol–water partition coefficient (Wildman–Crippen LogP) is 3.12. The van der Waals surface area contributed by atoms with Gasteiger partial charge in [-0.3, -0.25) is 4.79 Å². The molecule has 1 aromatic carbocycles. The van der Waals surface area contributed by atoms with Crippen molar-refractivity contribution >= 4 is 17.7 Å². The number of amides is 1. The van der Waals surface area contributed by atoms with Crippen LogP contribution in [-0.2, 0) is 30.6 Å². The van der Waals surface area contributed by atoms with Gasteiger partial charge in [0.25, 0.3) is 0 Å². The van der Waals surface area contributed by atoms with E-state index in [1.807, 2.05) is 17.0 Å². The monoisotopic (exact) mass is 349 g/mol. The molecule has 0 saturated carbocycles. The molecule has 0 unspecified atom stereocenters. The second kappa shape index (κ2) is 6.89. The SMILES string of the molecule is N#Cc1cc2c(nc1SCC(=O)N1CCc3ccccc3C1)CCC2. The van der Waals surface area contributed by atoms with Crippen LogP contribution in [0.2, 0.25) is 0 Å². The second-order valence-corrected chi connectivity index (χ2v) is 7.50. The fraction of sp³-hybridized carbons (Fsp3) is 0.350. The van der Waals surface area contributed by atoms with Gasteiger partial charge >= 0.3 is 0 Å². The molecule has 0 atom stereocenters. The number of pyridine rings is 1. The average Bonchev–Trinajstić information content (AvgIpc) is 3.12. The highest BCUT2D eigenvalue weighted by atomic mass is 32.2. The van der Waals surface area contributed by atoms with Crippen LogP contribution >= 0.6 is 11.8 Å². The zero-order valence-corrected chi connectivity index (χ0v) is 14.8. The van der Waals surface area contributed by atoms with Crippen LogP contribution in [0.3, 0.4) is 0 Å². The summed E-state index contributed by atoms with van der Waals surface area (Å²) in [5.41, 5.74) is 5.47. The maximum absolute atomic E-state index is 12.6. The molecular weight excluding hydrogens is 330 g/mol. The highest BCUT2D eigenvalue weighted by molar-refractivity contribution is 7.99. The summed E-state index contributed by atoms with van der Waals surface area (Å²) >= 11 is 1.40. The van der Waals surface area contributed by atoms with Gasteiger partial charge in [0.2, 0.25) is 5.91 Å². The lowest BCUT2D eigenvalue weighted by Gasteiger charge is -2.28. The number of aromatic nitrogens is 1. The van der Waals surface area contributed by atoms with Crippen molar-refractivity contribution in [3.05, 3.63) is 58.3 Å². The van der Waals surface area contributed by atoms with E-state index >= 15 is 0 Å². The summed E-state index contributed by atoms with van der Waals surface area (Å²) in [6.45, 7) is 1.44. The van der Waals surface area contributed by atoms with Crippen LogP contribution < -0.4 is 0 Å². The number of benzene rings is 1. The molecule has 4 rings (SSSR count). The van der Waals surface area contributed by atoms with E-state index in [0.29, 0.717) is 22.9 Å². The fourth-order valence-electron chi connectivity index (χ4n) is 3.57. The van der Waals surface area contributed by atoms with Crippen molar-refractivity contribution in [2.24, 2.45) is 0 Å². The minimum atomic E-state index is 0.116. The van der Waals surface area contributed by atoms with E-state index in [1.165, 1.54) is 28.5 Å². The highest BCUT2D eigenvalue weighted by Gasteiger charge is 2.22. The van der Waals surface area contributed by atoms with Gasteiger partial charge in [0.1, 0.15) is 11.1 Å². The van der Waals surface area contributed by atoms with Crippen LogP contribution in [0, 0.1) is 11.3 Å². The summed E-state index contributed by atoms with van der Waals surface area (Å²) < 4.78 is 0. The van der Waals surface area contributed by atoms with E-state index < -0.39 is 0 Å². The molecule has 25 heavy (non-hydrogen) atoms. The average molecular weight is 349 g/mol. The summed E-state index contributed by atoms with van der Waals surface area (Å²) in [6, 6.07) is 12.5. The Hall–Kier alpha value is -2.32. The maximum atomic E-state index is 12.6. The Kier molecular flexibility index (Phi) is 4.46. The summed E-state index contributed by atoms with van der Waals surface area (Å²) in [5.74, 6) is 0.452. The van der Waals surface area contributed by atoms with Crippen LogP contribution in [0.5, 0.6) is 0 Å². The third-order valence-electron chi connectivity index (χ3n) is 4.95. The molecule has 126 valence electrons. The van der Waals surface area contributed by atoms with Crippen molar-refractivity contribution in [3.63, 3.8) is 0 Å². The zero-order chi connectivity index (χ0) is 17.2. The Morgan fingerprint density at radius 3 is 2.88 bits per heavy atom. The van der Waals surface area contributed by atoms with Crippen molar-refractivity contribution in [3.8, 4) is 6.07 Å². The summed E-state index contributed by atoms with van der Waals surface area (Å²) in [4.78, 5) is 19.2. The van der Waals surface area contributed by atoms with Crippen LogP contribution in [0.15, 0.2) is 35.4 Å².